The van der Waals surface area contributed by atoms with E-state index in [4.69, 9.17) is 20.4 Å². The topological polar surface area (TPSA) is 200 Å². The lowest BCUT2D eigenvalue weighted by molar-refractivity contribution is -0.173. The van der Waals surface area contributed by atoms with Crippen LogP contribution in [0.5, 0.6) is 0 Å². The molecule has 17 heteroatoms. The highest BCUT2D eigenvalue weighted by Gasteiger charge is 2.46. The first-order valence-electron chi connectivity index (χ1n) is 12.1. The third-order valence-electron chi connectivity index (χ3n) is 6.49. The van der Waals surface area contributed by atoms with Crippen LogP contribution in [0, 0.1) is 0 Å². The molecule has 220 valence electrons. The number of carboxylic acids is 3. The van der Waals surface area contributed by atoms with Crippen LogP contribution in [0.25, 0.3) is 0 Å². The van der Waals surface area contributed by atoms with E-state index in [2.05, 4.69) is 15.5 Å². The molecule has 2 aliphatic rings. The molecule has 3 atom stereocenters. The van der Waals surface area contributed by atoms with Gasteiger partial charge in [0.25, 0.3) is 5.91 Å². The molecule has 1 fully saturated rings. The monoisotopic (exact) mass is 574 g/mol. The van der Waals surface area contributed by atoms with E-state index in [9.17, 15) is 32.3 Å². The Kier molecular flexibility index (Phi) is 8.76. The number of fused-ring (bicyclic) bond motifs is 1. The van der Waals surface area contributed by atoms with Gasteiger partial charge in [-0.1, -0.05) is 0 Å². The van der Waals surface area contributed by atoms with Gasteiger partial charge in [-0.05, 0) is 26.2 Å². The van der Waals surface area contributed by atoms with Crippen molar-refractivity contribution in [2.75, 3.05) is 11.9 Å². The number of hydrogen-bond acceptors (Lipinski definition) is 8. The molecule has 0 aromatic carbocycles. The van der Waals surface area contributed by atoms with Crippen LogP contribution in [0.15, 0.2) is 18.5 Å². The van der Waals surface area contributed by atoms with Crippen LogP contribution < -0.4 is 5.32 Å². The van der Waals surface area contributed by atoms with Gasteiger partial charge in [0.15, 0.2) is 11.6 Å². The Morgan fingerprint density at radius 1 is 1.12 bits per heavy atom. The van der Waals surface area contributed by atoms with Crippen LogP contribution in [0.3, 0.4) is 0 Å². The molecule has 0 saturated carbocycles. The normalized spacial score (nSPS) is 20.6. The number of halogens is 3. The Labute approximate surface area is 225 Å². The van der Waals surface area contributed by atoms with Gasteiger partial charge in [-0.15, -0.1) is 0 Å². The molecule has 2 aliphatic heterocycles. The molecule has 14 nitrogen and oxygen atoms in total. The maximum atomic E-state index is 13.4. The van der Waals surface area contributed by atoms with Crippen molar-refractivity contribution in [1.82, 2.24) is 24.5 Å². The molecule has 0 spiro atoms. The Morgan fingerprint density at radius 2 is 1.75 bits per heavy atom. The van der Waals surface area contributed by atoms with Gasteiger partial charge in [0.2, 0.25) is 0 Å². The largest absolute Gasteiger partial charge is 0.481 e. The fraction of sp³-hybridized carbons (Fsp3) is 0.565. The molecule has 5 N–H and O–H groups in total. The molecule has 2 aromatic rings. The minimum atomic E-state index is -4.37. The number of carboxylic acid groups (broad SMARTS) is 3. The minimum Gasteiger partial charge on any atom is -0.481 e. The molecule has 40 heavy (non-hydrogen) atoms. The average molecular weight is 575 g/mol. The minimum absolute atomic E-state index is 0.0688. The van der Waals surface area contributed by atoms with E-state index in [1.165, 1.54) is 6.20 Å². The van der Waals surface area contributed by atoms with E-state index < -0.39 is 48.6 Å². The highest BCUT2D eigenvalue weighted by Crippen LogP contribution is 2.41. The van der Waals surface area contributed by atoms with Gasteiger partial charge >= 0.3 is 24.1 Å². The summed E-state index contributed by atoms with van der Waals surface area (Å²) in [6.07, 6.45) is -2.13. The number of anilines is 1. The summed E-state index contributed by atoms with van der Waals surface area (Å²) in [6.45, 7) is 2.27. The molecule has 0 radical (unpaired) electrons. The van der Waals surface area contributed by atoms with E-state index in [0.29, 0.717) is 30.0 Å². The van der Waals surface area contributed by atoms with Gasteiger partial charge < -0.3 is 30.6 Å². The summed E-state index contributed by atoms with van der Waals surface area (Å²) in [5, 5.41) is 45.2. The molecule has 0 aliphatic carbocycles. The van der Waals surface area contributed by atoms with Crippen LogP contribution in [0.4, 0.5) is 19.0 Å². The van der Waals surface area contributed by atoms with Crippen molar-refractivity contribution in [3.63, 3.8) is 0 Å². The predicted octanol–water partition coefficient (Wildman–Crippen LogP) is 1.65. The Hall–Kier alpha value is -4.15. The summed E-state index contributed by atoms with van der Waals surface area (Å²) >= 11 is 0. The third-order valence-corrected chi connectivity index (χ3v) is 6.49. The second-order valence-corrected chi connectivity index (χ2v) is 9.77. The van der Waals surface area contributed by atoms with Crippen molar-refractivity contribution in [1.29, 1.82) is 0 Å². The lowest BCUT2D eigenvalue weighted by atomic mass is 9.96. The van der Waals surface area contributed by atoms with E-state index >= 15 is 0 Å². The maximum Gasteiger partial charge on any atom is 0.410 e. The van der Waals surface area contributed by atoms with Crippen LogP contribution in [0.2, 0.25) is 0 Å². The number of hydrogen-bond donors (Lipinski definition) is 5. The van der Waals surface area contributed by atoms with Gasteiger partial charge in [0.05, 0.1) is 36.3 Å². The molecule has 0 bridgehead atoms. The number of rotatable bonds is 7. The standard InChI is InChI=1S/C17H21F3N6O.C6H8O7/c1-10-6-14(17(18,19)20)26-15(22-10)7-12(23-26)13-4-3-5-25(13)16(27)11-8-21-24(2)9-11;7-3(8)1-6(13,5(11)12)2-4(9)10/h7-10,13-14,22H,3-6H2,1-2H3;13H,1-2H2,(H,7,8)(H,9,10)(H,11,12)/t10-,13?,14-;/m1./s1. The van der Waals surface area contributed by atoms with Crippen LogP contribution in [-0.4, -0.2) is 93.1 Å². The third kappa shape index (κ3) is 6.88. The quantitative estimate of drug-likeness (QED) is 0.322. The highest BCUT2D eigenvalue weighted by atomic mass is 19.4. The number of aliphatic hydroxyl groups is 1. The number of nitrogens with zero attached hydrogens (tertiary/aromatic N) is 5. The Balaban J connectivity index is 0.000000289. The molecule has 4 heterocycles. The molecular weight excluding hydrogens is 545 g/mol. The predicted molar refractivity (Wildman–Crippen MR) is 128 cm³/mol. The number of alkyl halides is 3. The van der Waals surface area contributed by atoms with E-state index in [1.54, 1.807) is 35.8 Å². The molecule has 1 unspecified atom stereocenters. The molecule has 2 aromatic heterocycles. The SMILES string of the molecule is C[C@@H]1C[C@H](C(F)(F)F)n2nc(C3CCCN3C(=O)c3cnn(C)c3)cc2N1.O=C(O)CC(O)(CC(=O)O)C(=O)O. The van der Waals surface area contributed by atoms with Crippen molar-refractivity contribution in [2.45, 2.75) is 68.9 Å². The number of carbonyl (C=O) groups excluding carboxylic acids is 1. The van der Waals surface area contributed by atoms with Gasteiger partial charge in [-0.3, -0.25) is 19.1 Å². The lowest BCUT2D eigenvalue weighted by Gasteiger charge is -2.31. The van der Waals surface area contributed by atoms with Crippen LogP contribution >= 0.6 is 0 Å². The molecule has 1 amide bonds. The number of likely N-dealkylation sites (tertiary alicyclic amines) is 1. The zero-order chi connectivity index (χ0) is 30.0. The number of nitrogens with one attached hydrogen (secondary N) is 1. The molecule has 1 saturated heterocycles. The summed E-state index contributed by atoms with van der Waals surface area (Å²) in [7, 11) is 1.73. The lowest BCUT2D eigenvalue weighted by Crippen LogP contribution is -2.42. The average Bonchev–Trinajstić information content (AvgIpc) is 3.55. The zero-order valence-corrected chi connectivity index (χ0v) is 21.5. The van der Waals surface area contributed by atoms with E-state index in [0.717, 1.165) is 11.1 Å². The van der Waals surface area contributed by atoms with Gasteiger partial charge in [-0.25, -0.2) is 9.48 Å². The van der Waals surface area contributed by atoms with E-state index in [1.807, 2.05) is 0 Å². The summed E-state index contributed by atoms with van der Waals surface area (Å²) in [5.74, 6) is -4.84. The number of aliphatic carboxylic acids is 3. The first-order valence-corrected chi connectivity index (χ1v) is 12.1. The number of aromatic nitrogens is 4. The highest BCUT2D eigenvalue weighted by molar-refractivity contribution is 5.94. The number of aryl methyl sites for hydroxylation is 1. The smallest absolute Gasteiger partial charge is 0.410 e. The first kappa shape index (κ1) is 30.4. The number of amides is 1. The van der Waals surface area contributed by atoms with Crippen molar-refractivity contribution >= 4 is 29.6 Å². The first-order chi connectivity index (χ1) is 18.5. The Bertz CT molecular complexity index is 1260. The molecular formula is C23H29F3N6O8. The fourth-order valence-electron chi connectivity index (χ4n) is 4.67. The van der Waals surface area contributed by atoms with Crippen molar-refractivity contribution in [3.8, 4) is 0 Å². The van der Waals surface area contributed by atoms with Gasteiger partial charge in [0.1, 0.15) is 5.82 Å². The summed E-state index contributed by atoms with van der Waals surface area (Å²) in [4.78, 5) is 45.0. The number of carbonyl (C=O) groups is 4. The second-order valence-electron chi connectivity index (χ2n) is 9.77. The summed E-state index contributed by atoms with van der Waals surface area (Å²) in [5.41, 5.74) is -1.78. The van der Waals surface area contributed by atoms with Crippen LogP contribution in [-0.2, 0) is 21.4 Å². The molecule has 4 rings (SSSR count). The van der Waals surface area contributed by atoms with E-state index in [-0.39, 0.29) is 24.4 Å². The summed E-state index contributed by atoms with van der Waals surface area (Å²) < 4.78 is 42.9. The maximum absolute atomic E-state index is 13.4. The zero-order valence-electron chi connectivity index (χ0n) is 21.5. The summed E-state index contributed by atoms with van der Waals surface area (Å²) in [6, 6.07) is -0.637. The van der Waals surface area contributed by atoms with Gasteiger partial charge in [0, 0.05) is 31.9 Å². The van der Waals surface area contributed by atoms with Crippen LogP contribution in [0.1, 0.15) is 67.2 Å². The van der Waals surface area contributed by atoms with Crippen molar-refractivity contribution in [3.05, 3.63) is 29.7 Å². The van der Waals surface area contributed by atoms with Crippen molar-refractivity contribution in [2.24, 2.45) is 7.05 Å². The van der Waals surface area contributed by atoms with Gasteiger partial charge in [-0.2, -0.15) is 23.4 Å². The second kappa shape index (κ2) is 11.5. The van der Waals surface area contributed by atoms with Crippen molar-refractivity contribution < 1.29 is 52.8 Å². The Morgan fingerprint density at radius 3 is 2.25 bits per heavy atom. The fourth-order valence-corrected chi connectivity index (χ4v) is 4.67.